The van der Waals surface area contributed by atoms with E-state index in [1.54, 1.807) is 28.6 Å². The molecule has 1 aromatic carbocycles. The summed E-state index contributed by atoms with van der Waals surface area (Å²) >= 11 is 0. The standard InChI is InChI=1S/C22H32N2O3S/c1-16(2)11-12-21-18-13-17(20-9-6-10-22(25)24(20)21)14-23(15-18)28(26,27)19-7-4-3-5-8-19/h3-5,7-8,16-18,20-21H,6,9-15H2,1-2H3/t17-,18+,20+,21+/m1/s1. The summed E-state index contributed by atoms with van der Waals surface area (Å²) < 4.78 is 28.2. The summed E-state index contributed by atoms with van der Waals surface area (Å²) in [6.45, 7) is 5.51. The lowest BCUT2D eigenvalue weighted by atomic mass is 9.71. The summed E-state index contributed by atoms with van der Waals surface area (Å²) in [4.78, 5) is 15.4. The zero-order valence-corrected chi connectivity index (χ0v) is 17.8. The Labute approximate surface area is 169 Å². The van der Waals surface area contributed by atoms with Crippen LogP contribution in [-0.4, -0.2) is 48.7 Å². The van der Waals surface area contributed by atoms with Gasteiger partial charge in [-0.05, 0) is 62.0 Å². The van der Waals surface area contributed by atoms with E-state index in [0.717, 1.165) is 32.1 Å². The first kappa shape index (κ1) is 19.9. The van der Waals surface area contributed by atoms with Crippen LogP contribution >= 0.6 is 0 Å². The number of amides is 1. The third kappa shape index (κ3) is 3.61. The molecule has 1 amide bonds. The third-order valence-corrected chi connectivity index (χ3v) is 8.73. The molecular formula is C22H32N2O3S. The Kier molecular flexibility index (Phi) is 5.53. The van der Waals surface area contributed by atoms with Crippen molar-refractivity contribution in [2.75, 3.05) is 13.1 Å². The molecule has 6 heteroatoms. The number of hydrogen-bond donors (Lipinski definition) is 0. The van der Waals surface area contributed by atoms with Gasteiger partial charge < -0.3 is 4.90 Å². The van der Waals surface area contributed by atoms with Gasteiger partial charge in [0.2, 0.25) is 15.9 Å². The molecule has 0 spiro atoms. The maximum absolute atomic E-state index is 13.3. The van der Waals surface area contributed by atoms with E-state index in [0.29, 0.717) is 36.2 Å². The number of piperidine rings is 3. The molecule has 0 radical (unpaired) electrons. The van der Waals surface area contributed by atoms with Crippen LogP contribution in [0, 0.1) is 17.8 Å². The number of carbonyl (C=O) groups excluding carboxylic acids is 1. The van der Waals surface area contributed by atoms with Crippen LogP contribution in [0.5, 0.6) is 0 Å². The fourth-order valence-corrected chi connectivity index (χ4v) is 7.12. The van der Waals surface area contributed by atoms with Gasteiger partial charge in [0, 0.05) is 31.6 Å². The van der Waals surface area contributed by atoms with Crippen molar-refractivity contribution in [1.29, 1.82) is 0 Å². The highest BCUT2D eigenvalue weighted by atomic mass is 32.2. The van der Waals surface area contributed by atoms with Crippen LogP contribution in [0.4, 0.5) is 0 Å². The smallest absolute Gasteiger partial charge is 0.243 e. The normalized spacial score (nSPS) is 31.1. The number of benzene rings is 1. The highest BCUT2D eigenvalue weighted by molar-refractivity contribution is 7.89. The Balaban J connectivity index is 1.63. The van der Waals surface area contributed by atoms with Crippen molar-refractivity contribution in [3.63, 3.8) is 0 Å². The van der Waals surface area contributed by atoms with Gasteiger partial charge >= 0.3 is 0 Å². The summed E-state index contributed by atoms with van der Waals surface area (Å²) in [5.74, 6) is 1.38. The monoisotopic (exact) mass is 404 g/mol. The zero-order chi connectivity index (χ0) is 19.9. The van der Waals surface area contributed by atoms with Gasteiger partial charge in [-0.2, -0.15) is 4.31 Å². The molecule has 0 N–H and O–H groups in total. The summed E-state index contributed by atoms with van der Waals surface area (Å²) in [6.07, 6.45) is 5.71. The van der Waals surface area contributed by atoms with Gasteiger partial charge in [-0.3, -0.25) is 4.79 Å². The van der Waals surface area contributed by atoms with Gasteiger partial charge in [0.25, 0.3) is 0 Å². The van der Waals surface area contributed by atoms with Crippen molar-refractivity contribution in [3.8, 4) is 0 Å². The summed E-state index contributed by atoms with van der Waals surface area (Å²) in [5.41, 5.74) is 0. The lowest BCUT2D eigenvalue weighted by Crippen LogP contribution is -2.65. The van der Waals surface area contributed by atoms with Crippen LogP contribution in [0.3, 0.4) is 0 Å². The number of rotatable bonds is 5. The minimum Gasteiger partial charge on any atom is -0.336 e. The quantitative estimate of drug-likeness (QED) is 0.755. The number of fused-ring (bicyclic) bond motifs is 4. The van der Waals surface area contributed by atoms with Crippen LogP contribution in [0.2, 0.25) is 0 Å². The third-order valence-electron chi connectivity index (χ3n) is 6.88. The topological polar surface area (TPSA) is 57.7 Å². The van der Waals surface area contributed by atoms with Gasteiger partial charge in [0.1, 0.15) is 0 Å². The van der Waals surface area contributed by atoms with Crippen molar-refractivity contribution >= 4 is 15.9 Å². The van der Waals surface area contributed by atoms with E-state index in [-0.39, 0.29) is 23.9 Å². The minimum absolute atomic E-state index is 0.185. The second kappa shape index (κ2) is 7.79. The molecule has 154 valence electrons. The molecule has 3 heterocycles. The number of carbonyl (C=O) groups is 1. The zero-order valence-electron chi connectivity index (χ0n) is 17.0. The van der Waals surface area contributed by atoms with Crippen LogP contribution in [0.25, 0.3) is 0 Å². The fraction of sp³-hybridized carbons (Fsp3) is 0.682. The largest absolute Gasteiger partial charge is 0.336 e. The van der Waals surface area contributed by atoms with Crippen molar-refractivity contribution in [2.24, 2.45) is 17.8 Å². The Morgan fingerprint density at radius 3 is 2.54 bits per heavy atom. The number of nitrogens with zero attached hydrogens (tertiary/aromatic N) is 2. The van der Waals surface area contributed by atoms with Gasteiger partial charge in [-0.1, -0.05) is 32.0 Å². The van der Waals surface area contributed by atoms with Crippen molar-refractivity contribution < 1.29 is 13.2 Å². The average Bonchev–Trinajstić information content (AvgIpc) is 2.68. The Bertz CT molecular complexity index is 808. The van der Waals surface area contributed by atoms with Crippen LogP contribution in [0.15, 0.2) is 35.2 Å². The highest BCUT2D eigenvalue weighted by Crippen LogP contribution is 2.44. The predicted octanol–water partition coefficient (Wildman–Crippen LogP) is 3.51. The molecule has 1 aromatic rings. The summed E-state index contributed by atoms with van der Waals surface area (Å²) in [7, 11) is -3.48. The molecular weight excluding hydrogens is 372 g/mol. The number of sulfonamides is 1. The molecule has 4 atom stereocenters. The van der Waals surface area contributed by atoms with Crippen LogP contribution in [-0.2, 0) is 14.8 Å². The van der Waals surface area contributed by atoms with Crippen LogP contribution < -0.4 is 0 Å². The van der Waals surface area contributed by atoms with E-state index in [1.807, 2.05) is 6.07 Å². The van der Waals surface area contributed by atoms with E-state index in [1.165, 1.54) is 0 Å². The van der Waals surface area contributed by atoms with Gasteiger partial charge in [-0.15, -0.1) is 0 Å². The maximum atomic E-state index is 13.3. The molecule has 3 aliphatic heterocycles. The Morgan fingerprint density at radius 2 is 1.82 bits per heavy atom. The van der Waals surface area contributed by atoms with Crippen LogP contribution in [0.1, 0.15) is 52.4 Å². The Morgan fingerprint density at radius 1 is 1.11 bits per heavy atom. The molecule has 3 saturated heterocycles. The Hall–Kier alpha value is -1.40. The van der Waals surface area contributed by atoms with E-state index in [2.05, 4.69) is 18.7 Å². The highest BCUT2D eigenvalue weighted by Gasteiger charge is 2.50. The van der Waals surface area contributed by atoms with E-state index in [9.17, 15) is 13.2 Å². The van der Waals surface area contributed by atoms with E-state index < -0.39 is 10.0 Å². The number of hydrogen-bond acceptors (Lipinski definition) is 3. The second-order valence-electron chi connectivity index (χ2n) is 9.19. The van der Waals surface area contributed by atoms with E-state index in [4.69, 9.17) is 0 Å². The summed E-state index contributed by atoms with van der Waals surface area (Å²) in [6, 6.07) is 9.18. The molecule has 5 nitrogen and oxygen atoms in total. The van der Waals surface area contributed by atoms with Gasteiger partial charge in [-0.25, -0.2) is 8.42 Å². The predicted molar refractivity (Wildman–Crippen MR) is 109 cm³/mol. The molecule has 3 fully saturated rings. The second-order valence-corrected chi connectivity index (χ2v) is 11.1. The molecule has 0 saturated carbocycles. The minimum atomic E-state index is -3.48. The molecule has 4 rings (SSSR count). The van der Waals surface area contributed by atoms with Crippen molar-refractivity contribution in [2.45, 2.75) is 69.4 Å². The molecule has 0 unspecified atom stereocenters. The molecule has 0 aromatic heterocycles. The lowest BCUT2D eigenvalue weighted by molar-refractivity contribution is -0.151. The van der Waals surface area contributed by atoms with Crippen molar-refractivity contribution in [1.82, 2.24) is 9.21 Å². The first-order chi connectivity index (χ1) is 13.4. The van der Waals surface area contributed by atoms with Gasteiger partial charge in [0.15, 0.2) is 0 Å². The lowest BCUT2D eigenvalue weighted by Gasteiger charge is -2.56. The first-order valence-electron chi connectivity index (χ1n) is 10.7. The van der Waals surface area contributed by atoms with Crippen molar-refractivity contribution in [3.05, 3.63) is 30.3 Å². The van der Waals surface area contributed by atoms with Gasteiger partial charge in [0.05, 0.1) is 4.90 Å². The summed E-state index contributed by atoms with van der Waals surface area (Å²) in [5, 5.41) is 0. The fourth-order valence-electron chi connectivity index (χ4n) is 5.55. The molecule has 2 bridgehead atoms. The maximum Gasteiger partial charge on any atom is 0.243 e. The SMILES string of the molecule is CC(C)CC[C@H]1[C@H]2C[C@H](CN(S(=O)(=O)c3ccccc3)C2)[C@@H]2CCCC(=O)N21. The molecule has 28 heavy (non-hydrogen) atoms. The van der Waals surface area contributed by atoms with E-state index >= 15 is 0 Å². The first-order valence-corrected chi connectivity index (χ1v) is 12.2. The molecule has 3 aliphatic rings. The average molecular weight is 405 g/mol. The molecule has 0 aliphatic carbocycles.